The molecule has 2 heterocycles. The summed E-state index contributed by atoms with van der Waals surface area (Å²) in [5, 5.41) is 5.04. The highest BCUT2D eigenvalue weighted by Crippen LogP contribution is 2.39. The minimum Gasteiger partial charge on any atom is -0.208 e. The summed E-state index contributed by atoms with van der Waals surface area (Å²) in [4.78, 5) is 14.0. The summed E-state index contributed by atoms with van der Waals surface area (Å²) in [5.74, 6) is 1.11. The van der Waals surface area contributed by atoms with Gasteiger partial charge in [0.2, 0.25) is 5.28 Å². The fraction of sp³-hybridized carbons (Fsp3) is 0.0976. The monoisotopic (exact) mass is 631 g/mol. The summed E-state index contributed by atoms with van der Waals surface area (Å²) in [6.07, 6.45) is 0. The molecule has 0 bridgehead atoms. The van der Waals surface area contributed by atoms with E-state index in [1.165, 1.54) is 47.6 Å². The first kappa shape index (κ1) is 28.6. The Hall–Kier alpha value is -4.90. The second-order valence-corrected chi connectivity index (χ2v) is 14.2. The van der Waals surface area contributed by atoms with Gasteiger partial charge in [0.05, 0.1) is 0 Å². The molecule has 8 aromatic rings. The third kappa shape index (κ3) is 5.34. The predicted molar refractivity (Wildman–Crippen MR) is 196 cm³/mol. The number of nitrogens with zero attached hydrogens (tertiary/aromatic N) is 3. The topological polar surface area (TPSA) is 38.7 Å². The Bertz CT molecular complexity index is 2420. The van der Waals surface area contributed by atoms with Crippen LogP contribution in [-0.4, -0.2) is 15.0 Å². The molecular formula is C41H30ClN3S. The Morgan fingerprint density at radius 3 is 1.76 bits per heavy atom. The number of hydrogen-bond acceptors (Lipinski definition) is 4. The summed E-state index contributed by atoms with van der Waals surface area (Å²) in [5.41, 5.74) is 7.82. The van der Waals surface area contributed by atoms with Gasteiger partial charge in [-0.1, -0.05) is 99.6 Å². The summed E-state index contributed by atoms with van der Waals surface area (Å²) in [6, 6.07) is 45.2. The molecule has 0 N–H and O–H groups in total. The van der Waals surface area contributed by atoms with Crippen LogP contribution in [0.5, 0.6) is 0 Å². The number of halogens is 1. The Morgan fingerprint density at radius 1 is 0.478 bits per heavy atom. The largest absolute Gasteiger partial charge is 0.226 e. The molecular weight excluding hydrogens is 602 g/mol. The first-order valence-electron chi connectivity index (χ1n) is 15.4. The summed E-state index contributed by atoms with van der Waals surface area (Å²) >= 11 is 8.35. The van der Waals surface area contributed by atoms with Crippen LogP contribution in [0.1, 0.15) is 26.3 Å². The molecule has 0 aliphatic carbocycles. The van der Waals surface area contributed by atoms with Crippen LogP contribution in [0.3, 0.4) is 0 Å². The van der Waals surface area contributed by atoms with Crippen LogP contribution in [0, 0.1) is 0 Å². The molecule has 0 aliphatic heterocycles. The van der Waals surface area contributed by atoms with Crippen LogP contribution in [0.4, 0.5) is 0 Å². The van der Waals surface area contributed by atoms with Gasteiger partial charge in [-0.05, 0) is 104 Å². The fourth-order valence-corrected chi connectivity index (χ4v) is 7.29. The number of aromatic nitrogens is 3. The van der Waals surface area contributed by atoms with Crippen LogP contribution < -0.4 is 0 Å². The van der Waals surface area contributed by atoms with E-state index in [1.807, 2.05) is 29.5 Å². The fourth-order valence-electron chi connectivity index (χ4n) is 6.07. The van der Waals surface area contributed by atoms with E-state index in [0.717, 1.165) is 22.3 Å². The van der Waals surface area contributed by atoms with Crippen LogP contribution in [0.2, 0.25) is 5.28 Å². The van der Waals surface area contributed by atoms with Gasteiger partial charge in [0.15, 0.2) is 11.6 Å². The molecule has 3 nitrogen and oxygen atoms in total. The van der Waals surface area contributed by atoms with Crippen molar-refractivity contribution >= 4 is 53.9 Å². The standard InChI is InChI=1S/C41H30ClN3S/c1-41(2,3)33-17-19-37-35(24-33)34-23-31(16-18-36(34)46-37)39-43-38(44-40(42)45-39)30-11-7-10-27(20-30)29-15-13-26-12-14-28(21-32(26)22-29)25-8-5-4-6-9-25/h4-24H,1-3H3. The third-order valence-electron chi connectivity index (χ3n) is 8.60. The molecule has 0 saturated carbocycles. The average molecular weight is 632 g/mol. The second-order valence-electron chi connectivity index (χ2n) is 12.7. The van der Waals surface area contributed by atoms with Gasteiger partial charge in [-0.25, -0.2) is 4.98 Å². The Balaban J connectivity index is 1.17. The quantitative estimate of drug-likeness (QED) is 0.194. The van der Waals surface area contributed by atoms with Crippen molar-refractivity contribution in [2.45, 2.75) is 26.2 Å². The SMILES string of the molecule is CC(C)(C)c1ccc2sc3ccc(-c4nc(Cl)nc(-c5cccc(-c6ccc7ccc(-c8ccccc8)cc7c6)c5)n4)cc3c2c1. The minimum absolute atomic E-state index is 0.0726. The Morgan fingerprint density at radius 2 is 1.04 bits per heavy atom. The van der Waals surface area contributed by atoms with Crippen molar-refractivity contribution in [3.63, 3.8) is 0 Å². The zero-order chi connectivity index (χ0) is 31.4. The van der Waals surface area contributed by atoms with Gasteiger partial charge in [0.25, 0.3) is 0 Å². The van der Waals surface area contributed by atoms with Crippen molar-refractivity contribution in [1.29, 1.82) is 0 Å². The third-order valence-corrected chi connectivity index (χ3v) is 9.92. The first-order valence-corrected chi connectivity index (χ1v) is 16.6. The van der Waals surface area contributed by atoms with E-state index in [4.69, 9.17) is 16.6 Å². The summed E-state index contributed by atoms with van der Waals surface area (Å²) < 4.78 is 2.51. The van der Waals surface area contributed by atoms with Gasteiger partial charge in [-0.3, -0.25) is 0 Å². The number of fused-ring (bicyclic) bond motifs is 4. The van der Waals surface area contributed by atoms with Crippen molar-refractivity contribution in [3.05, 3.63) is 138 Å². The average Bonchev–Trinajstić information content (AvgIpc) is 3.45. The van der Waals surface area contributed by atoms with E-state index in [1.54, 1.807) is 0 Å². The van der Waals surface area contributed by atoms with Gasteiger partial charge >= 0.3 is 0 Å². The molecule has 0 saturated heterocycles. The number of benzene rings is 6. The summed E-state index contributed by atoms with van der Waals surface area (Å²) in [6.45, 7) is 6.75. The van der Waals surface area contributed by atoms with Gasteiger partial charge in [-0.2, -0.15) is 9.97 Å². The normalized spacial score (nSPS) is 11.9. The Kier molecular flexibility index (Phi) is 6.93. The van der Waals surface area contributed by atoms with Crippen molar-refractivity contribution in [2.75, 3.05) is 0 Å². The molecule has 0 spiro atoms. The maximum Gasteiger partial charge on any atom is 0.226 e. The van der Waals surface area contributed by atoms with Crippen molar-refractivity contribution in [3.8, 4) is 45.0 Å². The molecule has 5 heteroatoms. The molecule has 0 radical (unpaired) electrons. The van der Waals surface area contributed by atoms with E-state index in [0.29, 0.717) is 11.6 Å². The Labute approximate surface area is 277 Å². The lowest BCUT2D eigenvalue weighted by molar-refractivity contribution is 0.591. The first-order chi connectivity index (χ1) is 22.3. The lowest BCUT2D eigenvalue weighted by Crippen LogP contribution is -2.10. The molecule has 46 heavy (non-hydrogen) atoms. The molecule has 0 unspecified atom stereocenters. The second kappa shape index (κ2) is 11.2. The molecule has 0 fully saturated rings. The van der Waals surface area contributed by atoms with E-state index in [9.17, 15) is 0 Å². The molecule has 2 aromatic heterocycles. The molecule has 0 atom stereocenters. The van der Waals surface area contributed by atoms with Gasteiger partial charge in [-0.15, -0.1) is 11.3 Å². The van der Waals surface area contributed by atoms with Gasteiger partial charge in [0.1, 0.15) is 0 Å². The highest BCUT2D eigenvalue weighted by Gasteiger charge is 2.17. The van der Waals surface area contributed by atoms with Crippen LogP contribution in [0.25, 0.3) is 76.0 Å². The molecule has 0 aliphatic rings. The van der Waals surface area contributed by atoms with E-state index >= 15 is 0 Å². The van der Waals surface area contributed by atoms with Gasteiger partial charge in [0, 0.05) is 31.3 Å². The number of rotatable bonds is 4. The minimum atomic E-state index is 0.0726. The highest BCUT2D eigenvalue weighted by molar-refractivity contribution is 7.25. The van der Waals surface area contributed by atoms with Crippen LogP contribution in [0.15, 0.2) is 127 Å². The van der Waals surface area contributed by atoms with Crippen LogP contribution >= 0.6 is 22.9 Å². The van der Waals surface area contributed by atoms with Crippen molar-refractivity contribution in [1.82, 2.24) is 15.0 Å². The van der Waals surface area contributed by atoms with Gasteiger partial charge < -0.3 is 0 Å². The maximum atomic E-state index is 6.54. The van der Waals surface area contributed by atoms with E-state index in [2.05, 4.69) is 140 Å². The zero-order valence-electron chi connectivity index (χ0n) is 25.8. The maximum absolute atomic E-state index is 6.54. The molecule has 222 valence electrons. The smallest absolute Gasteiger partial charge is 0.208 e. The van der Waals surface area contributed by atoms with E-state index < -0.39 is 0 Å². The van der Waals surface area contributed by atoms with Crippen molar-refractivity contribution in [2.24, 2.45) is 0 Å². The zero-order valence-corrected chi connectivity index (χ0v) is 27.3. The molecule has 8 rings (SSSR count). The van der Waals surface area contributed by atoms with E-state index in [-0.39, 0.29) is 10.7 Å². The van der Waals surface area contributed by atoms with Crippen LogP contribution in [-0.2, 0) is 5.41 Å². The molecule has 6 aromatic carbocycles. The summed E-state index contributed by atoms with van der Waals surface area (Å²) in [7, 11) is 0. The predicted octanol–water partition coefficient (Wildman–Crippen LogP) is 12.0. The molecule has 0 amide bonds. The van der Waals surface area contributed by atoms with Crippen molar-refractivity contribution < 1.29 is 0 Å². The number of thiophene rings is 1. The lowest BCUT2D eigenvalue weighted by Gasteiger charge is -2.18. The lowest BCUT2D eigenvalue weighted by atomic mass is 9.86. The number of hydrogen-bond donors (Lipinski definition) is 0. The highest BCUT2D eigenvalue weighted by atomic mass is 35.5.